The fourth-order valence-corrected chi connectivity index (χ4v) is 3.45. The van der Waals surface area contributed by atoms with E-state index >= 15 is 0 Å². The molecule has 0 atom stereocenters. The molecule has 0 bridgehead atoms. The van der Waals surface area contributed by atoms with Crippen LogP contribution in [0.3, 0.4) is 0 Å². The van der Waals surface area contributed by atoms with Gasteiger partial charge in [-0.25, -0.2) is 4.72 Å². The lowest BCUT2D eigenvalue weighted by atomic mass is 9.99. The average molecular weight is 350 g/mol. The minimum Gasteiger partial charge on any atom is -0.469 e. The van der Waals surface area contributed by atoms with Crippen molar-refractivity contribution in [1.29, 1.82) is 0 Å². The summed E-state index contributed by atoms with van der Waals surface area (Å²) in [6, 6.07) is 0. The topological polar surface area (TPSA) is 102 Å². The van der Waals surface area contributed by atoms with Crippen molar-refractivity contribution in [3.8, 4) is 0 Å². The van der Waals surface area contributed by atoms with E-state index in [4.69, 9.17) is 4.74 Å². The molecule has 1 fully saturated rings. The summed E-state index contributed by atoms with van der Waals surface area (Å²) in [5.74, 6) is -0.846. The Morgan fingerprint density at radius 2 is 1.87 bits per heavy atom. The molecule has 1 amide bonds. The van der Waals surface area contributed by atoms with Crippen molar-refractivity contribution in [3.63, 3.8) is 0 Å². The van der Waals surface area contributed by atoms with Gasteiger partial charge >= 0.3 is 16.2 Å². The van der Waals surface area contributed by atoms with Crippen molar-refractivity contribution in [2.75, 3.05) is 33.4 Å². The monoisotopic (exact) mass is 350 g/mol. The Bertz CT molecular complexity index is 497. The Balaban J connectivity index is 2.38. The number of hydrogen-bond acceptors (Lipinski definition) is 6. The lowest BCUT2D eigenvalue weighted by Crippen LogP contribution is -2.47. The van der Waals surface area contributed by atoms with Crippen LogP contribution in [-0.2, 0) is 29.3 Å². The van der Waals surface area contributed by atoms with Gasteiger partial charge in [0.15, 0.2) is 0 Å². The first-order chi connectivity index (χ1) is 10.8. The molecule has 1 saturated heterocycles. The summed E-state index contributed by atoms with van der Waals surface area (Å²) in [6.07, 6.45) is 0.767. The molecule has 1 aliphatic rings. The summed E-state index contributed by atoms with van der Waals surface area (Å²) in [7, 11) is -2.55. The van der Waals surface area contributed by atoms with E-state index in [2.05, 4.69) is 4.74 Å². The fourth-order valence-electron chi connectivity index (χ4n) is 2.24. The van der Waals surface area contributed by atoms with Gasteiger partial charge in [0.25, 0.3) is 0 Å². The molecule has 1 aliphatic heterocycles. The maximum atomic E-state index is 12.1. The molecule has 23 heavy (non-hydrogen) atoms. The zero-order chi connectivity index (χ0) is 17.5. The summed E-state index contributed by atoms with van der Waals surface area (Å²) >= 11 is 0. The normalized spacial score (nSPS) is 17.2. The predicted octanol–water partition coefficient (Wildman–Crippen LogP) is 0.295. The third kappa shape index (κ3) is 6.84. The second-order valence-electron chi connectivity index (χ2n) is 5.95. The van der Waals surface area contributed by atoms with Crippen LogP contribution < -0.4 is 4.72 Å². The van der Waals surface area contributed by atoms with Gasteiger partial charge in [0, 0.05) is 19.7 Å². The maximum absolute atomic E-state index is 12.1. The number of ether oxygens (including phenoxy) is 2. The van der Waals surface area contributed by atoms with Crippen LogP contribution in [0.1, 0.15) is 33.1 Å². The van der Waals surface area contributed by atoms with Gasteiger partial charge in [-0.1, -0.05) is 13.8 Å². The van der Waals surface area contributed by atoms with Crippen LogP contribution >= 0.6 is 0 Å². The highest BCUT2D eigenvalue weighted by Crippen LogP contribution is 2.20. The molecule has 8 nitrogen and oxygen atoms in total. The molecule has 134 valence electrons. The minimum atomic E-state index is -3.87. The third-order valence-electron chi connectivity index (χ3n) is 3.50. The molecule has 1 heterocycles. The molecular weight excluding hydrogens is 324 g/mol. The number of esters is 1. The lowest BCUT2D eigenvalue weighted by Gasteiger charge is -2.29. The summed E-state index contributed by atoms with van der Waals surface area (Å²) < 4.78 is 37.4. The highest BCUT2D eigenvalue weighted by molar-refractivity contribution is 7.87. The average Bonchev–Trinajstić information content (AvgIpc) is 2.50. The van der Waals surface area contributed by atoms with E-state index in [0.717, 1.165) is 0 Å². The van der Waals surface area contributed by atoms with E-state index in [0.29, 0.717) is 25.4 Å². The van der Waals surface area contributed by atoms with Gasteiger partial charge in [-0.05, 0) is 18.8 Å². The number of nitrogens with zero attached hydrogens (tertiary/aromatic N) is 1. The molecule has 1 N–H and O–H groups in total. The number of nitrogens with one attached hydrogen (secondary N) is 1. The molecule has 0 aromatic heterocycles. The Kier molecular flexibility index (Phi) is 7.93. The Morgan fingerprint density at radius 3 is 2.39 bits per heavy atom. The molecule has 0 spiro atoms. The van der Waals surface area contributed by atoms with E-state index in [1.54, 1.807) is 0 Å². The molecule has 0 unspecified atom stereocenters. The smallest absolute Gasteiger partial charge is 0.308 e. The van der Waals surface area contributed by atoms with Crippen molar-refractivity contribution in [2.24, 2.45) is 11.8 Å². The number of amides is 1. The summed E-state index contributed by atoms with van der Waals surface area (Å²) in [5.41, 5.74) is 0. The van der Waals surface area contributed by atoms with E-state index in [1.165, 1.54) is 11.4 Å². The highest BCUT2D eigenvalue weighted by Gasteiger charge is 2.32. The van der Waals surface area contributed by atoms with Crippen molar-refractivity contribution >= 4 is 22.1 Å². The van der Waals surface area contributed by atoms with Crippen LogP contribution in [0.4, 0.5) is 0 Å². The molecule has 0 radical (unpaired) electrons. The second kappa shape index (κ2) is 9.19. The zero-order valence-corrected chi connectivity index (χ0v) is 14.7. The van der Waals surface area contributed by atoms with Gasteiger partial charge in [-0.3, -0.25) is 9.59 Å². The Hall–Kier alpha value is -1.19. The van der Waals surface area contributed by atoms with Gasteiger partial charge in [-0.2, -0.15) is 12.7 Å². The van der Waals surface area contributed by atoms with Crippen molar-refractivity contribution in [2.45, 2.75) is 33.1 Å². The molecule has 9 heteroatoms. The highest BCUT2D eigenvalue weighted by atomic mass is 32.2. The molecule has 0 aromatic carbocycles. The molecule has 0 saturated carbocycles. The maximum Gasteiger partial charge on any atom is 0.308 e. The molecule has 0 aromatic rings. The number of methoxy groups -OCH3 is 1. The Labute approximate surface area is 137 Å². The standard InChI is InChI=1S/C14H26N2O6S/c1-11(2)10-22-9-6-13(17)15-23(19,20)16-7-4-12(5-8-16)14(18)21-3/h11-12H,4-10H2,1-3H3,(H,15,17). The van der Waals surface area contributed by atoms with Crippen LogP contribution in [0.15, 0.2) is 0 Å². The number of piperidine rings is 1. The first-order valence-corrected chi connectivity index (χ1v) is 9.16. The van der Waals surface area contributed by atoms with Gasteiger partial charge in [0.1, 0.15) is 0 Å². The van der Waals surface area contributed by atoms with Crippen LogP contribution in [0, 0.1) is 11.8 Å². The second-order valence-corrected chi connectivity index (χ2v) is 7.62. The quantitative estimate of drug-likeness (QED) is 0.499. The summed E-state index contributed by atoms with van der Waals surface area (Å²) in [6.45, 7) is 5.06. The lowest BCUT2D eigenvalue weighted by molar-refractivity contribution is -0.146. The van der Waals surface area contributed by atoms with Crippen molar-refractivity contribution < 1.29 is 27.5 Å². The molecule has 0 aliphatic carbocycles. The van der Waals surface area contributed by atoms with Crippen molar-refractivity contribution in [3.05, 3.63) is 0 Å². The minimum absolute atomic E-state index is 0.00935. The van der Waals surface area contributed by atoms with Gasteiger partial charge < -0.3 is 9.47 Å². The Morgan fingerprint density at radius 1 is 1.26 bits per heavy atom. The SMILES string of the molecule is COC(=O)C1CCN(S(=O)(=O)NC(=O)CCOCC(C)C)CC1. The van der Waals surface area contributed by atoms with E-state index < -0.39 is 16.1 Å². The van der Waals surface area contributed by atoms with E-state index in [9.17, 15) is 18.0 Å². The van der Waals surface area contributed by atoms with Gasteiger partial charge in [-0.15, -0.1) is 0 Å². The van der Waals surface area contributed by atoms with Gasteiger partial charge in [0.05, 0.1) is 26.1 Å². The number of hydrogen-bond donors (Lipinski definition) is 1. The molecule has 1 rings (SSSR count). The van der Waals surface area contributed by atoms with Crippen molar-refractivity contribution in [1.82, 2.24) is 9.03 Å². The van der Waals surface area contributed by atoms with Gasteiger partial charge in [0.2, 0.25) is 5.91 Å². The number of rotatable bonds is 8. The van der Waals surface area contributed by atoms with E-state index in [1.807, 2.05) is 18.6 Å². The van der Waals surface area contributed by atoms with Crippen LogP contribution in [0.5, 0.6) is 0 Å². The van der Waals surface area contributed by atoms with Crippen LogP contribution in [-0.4, -0.2) is 58.0 Å². The van der Waals surface area contributed by atoms with Crippen LogP contribution in [0.25, 0.3) is 0 Å². The largest absolute Gasteiger partial charge is 0.469 e. The fraction of sp³-hybridized carbons (Fsp3) is 0.857. The zero-order valence-electron chi connectivity index (χ0n) is 13.9. The molecular formula is C14H26N2O6S. The number of carbonyl (C=O) groups is 2. The third-order valence-corrected chi connectivity index (χ3v) is 5.03. The predicted molar refractivity (Wildman–Crippen MR) is 83.6 cm³/mol. The first-order valence-electron chi connectivity index (χ1n) is 7.72. The number of carbonyl (C=O) groups excluding carboxylic acids is 2. The van der Waals surface area contributed by atoms with Crippen LogP contribution in [0.2, 0.25) is 0 Å². The van der Waals surface area contributed by atoms with E-state index in [-0.39, 0.29) is 38.0 Å². The summed E-state index contributed by atoms with van der Waals surface area (Å²) in [5, 5.41) is 0. The first kappa shape index (κ1) is 19.9. The summed E-state index contributed by atoms with van der Waals surface area (Å²) in [4.78, 5) is 23.1.